The van der Waals surface area contributed by atoms with Crippen LogP contribution >= 0.6 is 0 Å². The number of benzene rings is 1. The summed E-state index contributed by atoms with van der Waals surface area (Å²) in [6, 6.07) is 10.3. The lowest BCUT2D eigenvalue weighted by Gasteiger charge is -2.37. The Kier molecular flexibility index (Phi) is 5.02. The highest BCUT2D eigenvalue weighted by molar-refractivity contribution is 6.74. The molecule has 0 amide bonds. The minimum Gasteiger partial charge on any atom is -0.497 e. The van der Waals surface area contributed by atoms with Gasteiger partial charge in [-0.15, -0.1) is 0 Å². The summed E-state index contributed by atoms with van der Waals surface area (Å²) < 4.78 is 5.21. The van der Waals surface area contributed by atoms with Crippen LogP contribution in [0.2, 0.25) is 12.1 Å². The van der Waals surface area contributed by atoms with E-state index in [4.69, 9.17) is 4.74 Å². The van der Waals surface area contributed by atoms with Crippen molar-refractivity contribution in [3.05, 3.63) is 29.8 Å². The number of methoxy groups -OCH3 is 1. The number of nitrogens with one attached hydrogen (secondary N) is 1. The first-order valence-electron chi connectivity index (χ1n) is 7.20. The molecule has 0 unspecified atom stereocenters. The molecule has 1 aliphatic heterocycles. The molecule has 0 spiro atoms. The average Bonchev–Trinajstić information content (AvgIpc) is 2.45. The molecular formula is C15H25NO2Si. The molecule has 0 saturated carbocycles. The molecule has 1 heterocycles. The molecule has 1 saturated heterocycles. The van der Waals surface area contributed by atoms with Crippen LogP contribution in [0.3, 0.4) is 0 Å². The van der Waals surface area contributed by atoms with E-state index < -0.39 is 8.32 Å². The van der Waals surface area contributed by atoms with Crippen molar-refractivity contribution in [2.75, 3.05) is 20.7 Å². The van der Waals surface area contributed by atoms with Crippen LogP contribution in [-0.4, -0.2) is 33.8 Å². The fraction of sp³-hybridized carbons (Fsp3) is 0.600. The van der Waals surface area contributed by atoms with E-state index in [-0.39, 0.29) is 0 Å². The van der Waals surface area contributed by atoms with Crippen molar-refractivity contribution >= 4 is 8.32 Å². The number of hydrogen-bond donors (Lipinski definition) is 2. The van der Waals surface area contributed by atoms with Gasteiger partial charge in [-0.2, -0.15) is 0 Å². The Morgan fingerprint density at radius 1 is 1.21 bits per heavy atom. The lowest BCUT2D eigenvalue weighted by molar-refractivity contribution is 0.414. The van der Waals surface area contributed by atoms with Crippen molar-refractivity contribution < 1.29 is 9.53 Å². The third-order valence-electron chi connectivity index (χ3n) is 4.29. The molecule has 3 nitrogen and oxygen atoms in total. The predicted octanol–water partition coefficient (Wildman–Crippen LogP) is 2.66. The van der Waals surface area contributed by atoms with E-state index in [1.807, 2.05) is 19.2 Å². The van der Waals surface area contributed by atoms with Gasteiger partial charge in [0.1, 0.15) is 5.75 Å². The summed E-state index contributed by atoms with van der Waals surface area (Å²) in [6.07, 6.45) is 3.67. The molecule has 1 fully saturated rings. The van der Waals surface area contributed by atoms with Crippen LogP contribution in [0.4, 0.5) is 0 Å². The van der Waals surface area contributed by atoms with Gasteiger partial charge in [0, 0.05) is 12.1 Å². The Bertz CT molecular complexity index is 388. The second-order valence-corrected chi connectivity index (χ2v) is 9.45. The SMILES string of the molecule is CNC[C@@H](c1ccc(OC)cc1)[Si]1(O)CCCCC1. The number of likely N-dealkylation sites (N-methyl/N-ethyl adjacent to an activating group) is 1. The van der Waals surface area contributed by atoms with Crippen LogP contribution in [0, 0.1) is 0 Å². The zero-order valence-corrected chi connectivity index (χ0v) is 13.0. The lowest BCUT2D eigenvalue weighted by Crippen LogP contribution is -2.47. The van der Waals surface area contributed by atoms with Crippen LogP contribution in [-0.2, 0) is 0 Å². The molecule has 0 aliphatic carbocycles. The van der Waals surface area contributed by atoms with Crippen LogP contribution in [0.15, 0.2) is 24.3 Å². The second kappa shape index (κ2) is 6.55. The maximum absolute atomic E-state index is 11.1. The van der Waals surface area contributed by atoms with Gasteiger partial charge in [-0.1, -0.05) is 31.4 Å². The van der Waals surface area contributed by atoms with Gasteiger partial charge in [0.15, 0.2) is 8.32 Å². The molecule has 0 bridgehead atoms. The van der Waals surface area contributed by atoms with Gasteiger partial charge >= 0.3 is 0 Å². The Labute approximate surface area is 117 Å². The van der Waals surface area contributed by atoms with Gasteiger partial charge < -0.3 is 14.8 Å². The minimum atomic E-state index is -2.16. The summed E-state index contributed by atoms with van der Waals surface area (Å²) in [6.45, 7) is 0.870. The third kappa shape index (κ3) is 3.38. The van der Waals surface area contributed by atoms with Crippen molar-refractivity contribution in [2.45, 2.75) is 36.9 Å². The first kappa shape index (κ1) is 14.6. The van der Waals surface area contributed by atoms with Gasteiger partial charge in [-0.3, -0.25) is 0 Å². The summed E-state index contributed by atoms with van der Waals surface area (Å²) >= 11 is 0. The van der Waals surface area contributed by atoms with Crippen LogP contribution in [0.1, 0.15) is 30.4 Å². The standard InChI is InChI=1S/C15H25NO2Si/c1-16-12-15(19(17)10-4-3-5-11-19)13-6-8-14(18-2)9-7-13/h6-9,15-17H,3-5,10-12H2,1-2H3/t15-/m0/s1. The highest BCUT2D eigenvalue weighted by atomic mass is 28.4. The summed E-state index contributed by atoms with van der Waals surface area (Å²) in [4.78, 5) is 11.1. The fourth-order valence-electron chi connectivity index (χ4n) is 3.17. The highest BCUT2D eigenvalue weighted by Gasteiger charge is 2.41. The van der Waals surface area contributed by atoms with E-state index in [2.05, 4.69) is 17.4 Å². The molecule has 2 N–H and O–H groups in total. The van der Waals surface area contributed by atoms with E-state index in [1.54, 1.807) is 7.11 Å². The molecule has 19 heavy (non-hydrogen) atoms. The topological polar surface area (TPSA) is 41.5 Å². The number of rotatable bonds is 5. The molecule has 1 aromatic carbocycles. The minimum absolute atomic E-state index is 0.295. The predicted molar refractivity (Wildman–Crippen MR) is 81.1 cm³/mol. The molecular weight excluding hydrogens is 254 g/mol. The van der Waals surface area contributed by atoms with Gasteiger partial charge in [0.2, 0.25) is 0 Å². The van der Waals surface area contributed by atoms with Gasteiger partial charge in [-0.05, 0) is 36.8 Å². The van der Waals surface area contributed by atoms with Crippen molar-refractivity contribution in [1.82, 2.24) is 5.32 Å². The smallest absolute Gasteiger partial charge is 0.197 e. The first-order chi connectivity index (χ1) is 9.19. The Balaban J connectivity index is 2.22. The molecule has 1 aliphatic rings. The Morgan fingerprint density at radius 2 is 1.84 bits per heavy atom. The highest BCUT2D eigenvalue weighted by Crippen LogP contribution is 2.37. The molecule has 0 radical (unpaired) electrons. The summed E-state index contributed by atoms with van der Waals surface area (Å²) in [5, 5.41) is 3.26. The average molecular weight is 279 g/mol. The van der Waals surface area contributed by atoms with Gasteiger partial charge in [-0.25, -0.2) is 0 Å². The molecule has 1 atom stereocenters. The molecule has 4 heteroatoms. The van der Waals surface area contributed by atoms with Gasteiger partial charge in [0.05, 0.1) is 7.11 Å². The van der Waals surface area contributed by atoms with Crippen molar-refractivity contribution in [3.63, 3.8) is 0 Å². The van der Waals surface area contributed by atoms with E-state index >= 15 is 0 Å². The first-order valence-corrected chi connectivity index (χ1v) is 9.64. The zero-order chi connectivity index (χ0) is 13.7. The number of hydrogen-bond acceptors (Lipinski definition) is 3. The van der Waals surface area contributed by atoms with Crippen molar-refractivity contribution in [3.8, 4) is 5.75 Å². The maximum atomic E-state index is 11.1. The lowest BCUT2D eigenvalue weighted by atomic mass is 10.1. The monoisotopic (exact) mass is 279 g/mol. The van der Waals surface area contributed by atoms with E-state index in [0.29, 0.717) is 5.54 Å². The maximum Gasteiger partial charge on any atom is 0.197 e. The summed E-state index contributed by atoms with van der Waals surface area (Å²) in [7, 11) is 1.49. The molecule has 0 aromatic heterocycles. The van der Waals surface area contributed by atoms with E-state index in [0.717, 1.165) is 24.4 Å². The normalized spacial score (nSPS) is 19.9. The number of ether oxygens (including phenoxy) is 1. The molecule has 2 rings (SSSR count). The van der Waals surface area contributed by atoms with Gasteiger partial charge in [0.25, 0.3) is 0 Å². The van der Waals surface area contributed by atoms with Crippen molar-refractivity contribution in [1.29, 1.82) is 0 Å². The molecule has 1 aromatic rings. The van der Waals surface area contributed by atoms with E-state index in [9.17, 15) is 4.80 Å². The summed E-state index contributed by atoms with van der Waals surface area (Å²) in [5.74, 6) is 0.879. The zero-order valence-electron chi connectivity index (χ0n) is 12.0. The third-order valence-corrected chi connectivity index (χ3v) is 8.57. The Hall–Kier alpha value is -0.843. The van der Waals surface area contributed by atoms with E-state index in [1.165, 1.54) is 24.8 Å². The quantitative estimate of drug-likeness (QED) is 0.814. The van der Waals surface area contributed by atoms with Crippen LogP contribution < -0.4 is 10.1 Å². The van der Waals surface area contributed by atoms with Crippen molar-refractivity contribution in [2.24, 2.45) is 0 Å². The van der Waals surface area contributed by atoms with Crippen LogP contribution in [0.25, 0.3) is 0 Å². The fourth-order valence-corrected chi connectivity index (χ4v) is 7.24. The largest absolute Gasteiger partial charge is 0.497 e. The Morgan fingerprint density at radius 3 is 2.37 bits per heavy atom. The van der Waals surface area contributed by atoms with Crippen LogP contribution in [0.5, 0.6) is 5.75 Å². The molecule has 106 valence electrons. The summed E-state index contributed by atoms with van der Waals surface area (Å²) in [5.41, 5.74) is 1.55. The second-order valence-electron chi connectivity index (χ2n) is 5.55.